The van der Waals surface area contributed by atoms with E-state index in [4.69, 9.17) is 9.47 Å². The fraction of sp³-hybridized carbons (Fsp3) is 0.333. The molecule has 5 nitrogen and oxygen atoms in total. The Bertz CT molecular complexity index is 805. The summed E-state index contributed by atoms with van der Waals surface area (Å²) in [6.07, 6.45) is 1.01. The minimum Gasteiger partial charge on any atom is -0.484 e. The maximum atomic E-state index is 12.5. The van der Waals surface area contributed by atoms with Crippen molar-refractivity contribution >= 4 is 11.7 Å². The molecular formula is C18H16N2O3. The first-order chi connectivity index (χ1) is 11.3. The van der Waals surface area contributed by atoms with Gasteiger partial charge in [-0.05, 0) is 41.5 Å². The lowest BCUT2D eigenvalue weighted by Gasteiger charge is -2.17. The molecule has 1 N–H and O–H groups in total. The van der Waals surface area contributed by atoms with Crippen LogP contribution in [0.15, 0.2) is 36.4 Å². The van der Waals surface area contributed by atoms with Crippen LogP contribution in [0.25, 0.3) is 0 Å². The number of fused-ring (bicyclic) bond motifs is 4. The highest BCUT2D eigenvalue weighted by Crippen LogP contribution is 2.61. The zero-order valence-electron chi connectivity index (χ0n) is 12.5. The first-order valence-electron chi connectivity index (χ1n) is 7.96. The van der Waals surface area contributed by atoms with Gasteiger partial charge in [0.25, 0.3) is 5.88 Å². The van der Waals surface area contributed by atoms with Gasteiger partial charge in [0.1, 0.15) is 19.0 Å². The van der Waals surface area contributed by atoms with E-state index in [1.54, 1.807) is 12.1 Å². The maximum absolute atomic E-state index is 12.5. The number of carbonyl (C=O) groups is 1. The van der Waals surface area contributed by atoms with Gasteiger partial charge in [0.2, 0.25) is 5.91 Å². The molecule has 3 atom stereocenters. The number of nitrogens with zero attached hydrogens (tertiary/aromatic N) is 1. The van der Waals surface area contributed by atoms with Gasteiger partial charge in [0, 0.05) is 5.92 Å². The Morgan fingerprint density at radius 1 is 1.13 bits per heavy atom. The van der Waals surface area contributed by atoms with Crippen LogP contribution < -0.4 is 14.8 Å². The number of hydrogen-bond acceptors (Lipinski definition) is 4. The Labute approximate surface area is 133 Å². The largest absolute Gasteiger partial charge is 0.484 e. The minimum absolute atomic E-state index is 0.0543. The second kappa shape index (κ2) is 4.72. The van der Waals surface area contributed by atoms with E-state index in [-0.39, 0.29) is 11.8 Å². The lowest BCUT2D eigenvalue weighted by atomic mass is 10.0. The molecule has 0 radical (unpaired) electrons. The molecule has 116 valence electrons. The van der Waals surface area contributed by atoms with Gasteiger partial charge >= 0.3 is 0 Å². The van der Waals surface area contributed by atoms with Crippen molar-refractivity contribution in [3.8, 4) is 11.6 Å². The normalized spacial score (nSPS) is 26.2. The molecule has 5 rings (SSSR count). The molecule has 0 spiro atoms. The molecule has 1 saturated carbocycles. The number of nitrogens with one attached hydrogen (secondary N) is 1. The van der Waals surface area contributed by atoms with E-state index < -0.39 is 0 Å². The molecule has 2 aliphatic carbocycles. The Morgan fingerprint density at radius 2 is 2.00 bits per heavy atom. The monoisotopic (exact) mass is 308 g/mol. The molecule has 5 heteroatoms. The van der Waals surface area contributed by atoms with Crippen molar-refractivity contribution in [1.82, 2.24) is 4.98 Å². The maximum Gasteiger partial charge on any atom is 0.259 e. The van der Waals surface area contributed by atoms with Crippen molar-refractivity contribution in [3.63, 3.8) is 0 Å². The van der Waals surface area contributed by atoms with Crippen LogP contribution in [0.1, 0.15) is 17.0 Å². The highest BCUT2D eigenvalue weighted by Gasteiger charge is 2.59. The highest BCUT2D eigenvalue weighted by molar-refractivity contribution is 5.95. The van der Waals surface area contributed by atoms with E-state index in [1.165, 1.54) is 11.1 Å². The van der Waals surface area contributed by atoms with Crippen LogP contribution in [0.3, 0.4) is 0 Å². The van der Waals surface area contributed by atoms with E-state index in [1.807, 2.05) is 0 Å². The Balaban J connectivity index is 1.32. The number of amides is 1. The fourth-order valence-corrected chi connectivity index (χ4v) is 3.92. The molecule has 1 fully saturated rings. The molecule has 3 aliphatic rings. The number of ether oxygens (including phenoxy) is 2. The lowest BCUT2D eigenvalue weighted by molar-refractivity contribution is -0.117. The van der Waals surface area contributed by atoms with E-state index in [0.717, 1.165) is 6.42 Å². The third-order valence-corrected chi connectivity index (χ3v) is 5.00. The molecular weight excluding hydrogens is 292 g/mol. The summed E-state index contributed by atoms with van der Waals surface area (Å²) in [5.74, 6) is 2.56. The summed E-state index contributed by atoms with van der Waals surface area (Å²) < 4.78 is 10.9. The molecule has 3 unspecified atom stereocenters. The Hall–Kier alpha value is -2.56. The summed E-state index contributed by atoms with van der Waals surface area (Å²) >= 11 is 0. The summed E-state index contributed by atoms with van der Waals surface area (Å²) in [6, 6.07) is 12.0. The number of carbonyl (C=O) groups excluding carboxylic acids is 1. The average molecular weight is 308 g/mol. The summed E-state index contributed by atoms with van der Waals surface area (Å²) in [4.78, 5) is 16.9. The van der Waals surface area contributed by atoms with Crippen LogP contribution in [0.5, 0.6) is 11.6 Å². The molecule has 23 heavy (non-hydrogen) atoms. The molecule has 2 aromatic rings. The van der Waals surface area contributed by atoms with Crippen molar-refractivity contribution in [2.45, 2.75) is 12.3 Å². The summed E-state index contributed by atoms with van der Waals surface area (Å²) in [5, 5.41) is 2.93. The number of anilines is 1. The molecule has 2 heterocycles. The van der Waals surface area contributed by atoms with Gasteiger partial charge in [-0.2, -0.15) is 4.98 Å². The summed E-state index contributed by atoms with van der Waals surface area (Å²) in [7, 11) is 0. The first-order valence-corrected chi connectivity index (χ1v) is 7.96. The van der Waals surface area contributed by atoms with E-state index in [2.05, 4.69) is 34.6 Å². The third kappa shape index (κ3) is 2.00. The van der Waals surface area contributed by atoms with Crippen LogP contribution in [0.4, 0.5) is 5.82 Å². The van der Waals surface area contributed by atoms with Crippen molar-refractivity contribution in [1.29, 1.82) is 0 Å². The van der Waals surface area contributed by atoms with Crippen LogP contribution in [0, 0.1) is 11.8 Å². The standard InChI is InChI=1S/C18H16N2O3/c21-17(16-12-9-10-3-1-2-4-11(10)15(12)16)19-14-6-5-13-18(20-14)23-8-7-22-13/h1-6,12,15-16H,7-9H2,(H,19,20,21). The predicted octanol–water partition coefficient (Wildman–Crippen LogP) is 2.38. The van der Waals surface area contributed by atoms with E-state index >= 15 is 0 Å². The zero-order chi connectivity index (χ0) is 15.4. The molecule has 1 aromatic heterocycles. The zero-order valence-corrected chi connectivity index (χ0v) is 12.5. The Kier molecular flexibility index (Phi) is 2.65. The predicted molar refractivity (Wildman–Crippen MR) is 83.7 cm³/mol. The van der Waals surface area contributed by atoms with Gasteiger partial charge in [-0.3, -0.25) is 4.79 Å². The van der Waals surface area contributed by atoms with E-state index in [9.17, 15) is 4.79 Å². The smallest absolute Gasteiger partial charge is 0.259 e. The number of benzene rings is 1. The van der Waals surface area contributed by atoms with Crippen LogP contribution in [-0.4, -0.2) is 24.1 Å². The van der Waals surface area contributed by atoms with Crippen molar-refractivity contribution < 1.29 is 14.3 Å². The van der Waals surface area contributed by atoms with Crippen LogP contribution >= 0.6 is 0 Å². The lowest BCUT2D eigenvalue weighted by Crippen LogP contribution is -2.20. The Morgan fingerprint density at radius 3 is 2.96 bits per heavy atom. The van der Waals surface area contributed by atoms with Crippen molar-refractivity contribution in [2.75, 3.05) is 18.5 Å². The van der Waals surface area contributed by atoms with Crippen LogP contribution in [-0.2, 0) is 11.2 Å². The molecule has 0 bridgehead atoms. The molecule has 1 aromatic carbocycles. The van der Waals surface area contributed by atoms with Gasteiger partial charge in [0.05, 0.1) is 0 Å². The quantitative estimate of drug-likeness (QED) is 0.925. The van der Waals surface area contributed by atoms with Crippen molar-refractivity contribution in [2.24, 2.45) is 11.8 Å². The number of hydrogen-bond donors (Lipinski definition) is 1. The second-order valence-corrected chi connectivity index (χ2v) is 6.30. The first kappa shape index (κ1) is 12.9. The molecule has 1 aliphatic heterocycles. The van der Waals surface area contributed by atoms with E-state index in [0.29, 0.717) is 42.5 Å². The van der Waals surface area contributed by atoms with Gasteiger partial charge in [0.15, 0.2) is 5.75 Å². The SMILES string of the molecule is O=C(Nc1ccc2c(n1)OCCO2)C1C2Cc3ccccc3C21. The van der Waals surface area contributed by atoms with Gasteiger partial charge < -0.3 is 14.8 Å². The molecule has 1 amide bonds. The highest BCUT2D eigenvalue weighted by atomic mass is 16.6. The summed E-state index contributed by atoms with van der Waals surface area (Å²) in [5.41, 5.74) is 2.73. The topological polar surface area (TPSA) is 60.5 Å². The molecule has 0 saturated heterocycles. The third-order valence-electron chi connectivity index (χ3n) is 5.00. The van der Waals surface area contributed by atoms with Gasteiger partial charge in [-0.25, -0.2) is 0 Å². The number of pyridine rings is 1. The number of rotatable bonds is 2. The second-order valence-electron chi connectivity index (χ2n) is 6.30. The van der Waals surface area contributed by atoms with Crippen molar-refractivity contribution in [3.05, 3.63) is 47.5 Å². The fourth-order valence-electron chi connectivity index (χ4n) is 3.92. The summed E-state index contributed by atoms with van der Waals surface area (Å²) in [6.45, 7) is 1.02. The number of aromatic nitrogens is 1. The van der Waals surface area contributed by atoms with Gasteiger partial charge in [-0.1, -0.05) is 24.3 Å². The van der Waals surface area contributed by atoms with Crippen LogP contribution in [0.2, 0.25) is 0 Å². The average Bonchev–Trinajstić information content (AvgIpc) is 3.17. The van der Waals surface area contributed by atoms with Gasteiger partial charge in [-0.15, -0.1) is 0 Å². The minimum atomic E-state index is 0.0543.